The van der Waals surface area contributed by atoms with E-state index in [-0.39, 0.29) is 11.9 Å². The van der Waals surface area contributed by atoms with Gasteiger partial charge in [-0.05, 0) is 39.0 Å². The van der Waals surface area contributed by atoms with Gasteiger partial charge in [0.2, 0.25) is 0 Å². The topological polar surface area (TPSA) is 70.9 Å². The Morgan fingerprint density at radius 2 is 2.14 bits per heavy atom. The summed E-state index contributed by atoms with van der Waals surface area (Å²) in [7, 11) is 0. The molecule has 1 amide bonds. The molecule has 2 N–H and O–H groups in total. The van der Waals surface area contributed by atoms with Gasteiger partial charge in [0.25, 0.3) is 5.91 Å². The minimum Gasteiger partial charge on any atom is -0.466 e. The predicted octanol–water partition coefficient (Wildman–Crippen LogP) is 3.26. The second-order valence-corrected chi connectivity index (χ2v) is 5.24. The molecule has 0 radical (unpaired) electrons. The summed E-state index contributed by atoms with van der Waals surface area (Å²) >= 11 is 0. The number of aryl methyl sites for hydroxylation is 2. The summed E-state index contributed by atoms with van der Waals surface area (Å²) in [5.41, 5.74) is 2.46. The monoisotopic (exact) mass is 283 g/mol. The fraction of sp³-hybridized carbons (Fsp3) is 0.250. The second kappa shape index (κ2) is 5.09. The number of amides is 1. The van der Waals surface area contributed by atoms with Crippen LogP contribution in [0.4, 0.5) is 0 Å². The Bertz CT molecular complexity index is 801. The number of carbonyl (C=O) groups is 1. The zero-order valence-electron chi connectivity index (χ0n) is 12.2. The van der Waals surface area contributed by atoms with Gasteiger partial charge in [0.15, 0.2) is 0 Å². The van der Waals surface area contributed by atoms with E-state index in [1.165, 1.54) is 0 Å². The molecule has 0 fully saturated rings. The minimum absolute atomic E-state index is 0.104. The highest BCUT2D eigenvalue weighted by Crippen LogP contribution is 2.22. The molecule has 3 aromatic rings. The zero-order valence-corrected chi connectivity index (χ0v) is 12.2. The van der Waals surface area contributed by atoms with E-state index >= 15 is 0 Å². The Morgan fingerprint density at radius 1 is 1.33 bits per heavy atom. The molecule has 3 rings (SSSR count). The highest BCUT2D eigenvalue weighted by atomic mass is 16.3. The van der Waals surface area contributed by atoms with E-state index in [9.17, 15) is 4.79 Å². The van der Waals surface area contributed by atoms with Gasteiger partial charge < -0.3 is 9.73 Å². The Hall–Kier alpha value is -2.56. The smallest absolute Gasteiger partial charge is 0.251 e. The number of benzene rings is 1. The predicted molar refractivity (Wildman–Crippen MR) is 80.2 cm³/mol. The lowest BCUT2D eigenvalue weighted by molar-refractivity contribution is 0.0940. The van der Waals surface area contributed by atoms with Crippen molar-refractivity contribution in [2.24, 2.45) is 0 Å². The van der Waals surface area contributed by atoms with Crippen LogP contribution in [0.3, 0.4) is 0 Å². The van der Waals surface area contributed by atoms with Crippen molar-refractivity contribution in [3.05, 3.63) is 53.1 Å². The molecule has 5 heteroatoms. The third-order valence-corrected chi connectivity index (χ3v) is 3.60. The number of fused-ring (bicyclic) bond motifs is 1. The third-order valence-electron chi connectivity index (χ3n) is 3.60. The molecule has 0 bridgehead atoms. The Kier molecular flexibility index (Phi) is 3.25. The summed E-state index contributed by atoms with van der Waals surface area (Å²) in [6.45, 7) is 5.75. The molecular formula is C16H17N3O2. The molecule has 0 aliphatic carbocycles. The minimum atomic E-state index is -0.114. The standard InChI is InChI=1S/C16H17N3O2/c1-9-6-14(11(3)21-9)10(2)18-16(20)12-4-5-13-8-17-19-15(13)7-12/h4-8,10H,1-3H3,(H,17,19)(H,18,20). The molecule has 1 atom stereocenters. The van der Waals surface area contributed by atoms with Crippen molar-refractivity contribution in [1.29, 1.82) is 0 Å². The molecular weight excluding hydrogens is 266 g/mol. The molecule has 2 aromatic heterocycles. The van der Waals surface area contributed by atoms with Crippen LogP contribution in [0.25, 0.3) is 10.9 Å². The molecule has 108 valence electrons. The largest absolute Gasteiger partial charge is 0.466 e. The van der Waals surface area contributed by atoms with Crippen molar-refractivity contribution >= 4 is 16.8 Å². The molecule has 1 unspecified atom stereocenters. The van der Waals surface area contributed by atoms with Gasteiger partial charge in [-0.2, -0.15) is 5.10 Å². The van der Waals surface area contributed by atoms with Gasteiger partial charge in [-0.1, -0.05) is 6.07 Å². The number of aromatic amines is 1. The number of nitrogens with one attached hydrogen (secondary N) is 2. The van der Waals surface area contributed by atoms with Crippen LogP contribution in [0.1, 0.15) is 40.4 Å². The normalized spacial score (nSPS) is 12.5. The van der Waals surface area contributed by atoms with E-state index in [4.69, 9.17) is 4.42 Å². The van der Waals surface area contributed by atoms with Gasteiger partial charge in [0.1, 0.15) is 11.5 Å². The molecule has 0 spiro atoms. The first-order valence-corrected chi connectivity index (χ1v) is 6.85. The Labute approximate surface area is 122 Å². The van der Waals surface area contributed by atoms with E-state index in [1.54, 1.807) is 18.3 Å². The Morgan fingerprint density at radius 3 is 2.86 bits per heavy atom. The average molecular weight is 283 g/mol. The van der Waals surface area contributed by atoms with Crippen LogP contribution < -0.4 is 5.32 Å². The van der Waals surface area contributed by atoms with E-state index in [0.29, 0.717) is 5.56 Å². The maximum absolute atomic E-state index is 12.3. The van der Waals surface area contributed by atoms with Crippen molar-refractivity contribution in [3.8, 4) is 0 Å². The first-order valence-electron chi connectivity index (χ1n) is 6.85. The van der Waals surface area contributed by atoms with Crippen molar-refractivity contribution in [2.45, 2.75) is 26.8 Å². The van der Waals surface area contributed by atoms with Crippen LogP contribution in [-0.4, -0.2) is 16.1 Å². The van der Waals surface area contributed by atoms with Gasteiger partial charge in [0, 0.05) is 16.5 Å². The molecule has 5 nitrogen and oxygen atoms in total. The molecule has 2 heterocycles. The number of rotatable bonds is 3. The summed E-state index contributed by atoms with van der Waals surface area (Å²) in [4.78, 5) is 12.3. The molecule has 0 aliphatic rings. The van der Waals surface area contributed by atoms with Crippen LogP contribution in [0.2, 0.25) is 0 Å². The highest BCUT2D eigenvalue weighted by molar-refractivity contribution is 5.97. The number of hydrogen-bond donors (Lipinski definition) is 2. The third kappa shape index (κ3) is 2.54. The molecule has 0 saturated heterocycles. The van der Waals surface area contributed by atoms with Crippen LogP contribution in [0, 0.1) is 13.8 Å². The summed E-state index contributed by atoms with van der Waals surface area (Å²) in [6.07, 6.45) is 1.73. The first-order chi connectivity index (χ1) is 10.0. The lowest BCUT2D eigenvalue weighted by atomic mass is 10.1. The maximum Gasteiger partial charge on any atom is 0.251 e. The van der Waals surface area contributed by atoms with Gasteiger partial charge in [-0.3, -0.25) is 9.89 Å². The van der Waals surface area contributed by atoms with Gasteiger partial charge in [0.05, 0.1) is 17.8 Å². The molecule has 1 aromatic carbocycles. The van der Waals surface area contributed by atoms with E-state index < -0.39 is 0 Å². The van der Waals surface area contributed by atoms with E-state index in [1.807, 2.05) is 32.9 Å². The molecule has 21 heavy (non-hydrogen) atoms. The number of carbonyl (C=O) groups excluding carboxylic acids is 1. The summed E-state index contributed by atoms with van der Waals surface area (Å²) < 4.78 is 5.51. The second-order valence-electron chi connectivity index (χ2n) is 5.24. The lowest BCUT2D eigenvalue weighted by Crippen LogP contribution is -2.26. The number of furan rings is 1. The number of aromatic nitrogens is 2. The van der Waals surface area contributed by atoms with E-state index in [0.717, 1.165) is 28.0 Å². The summed E-state index contributed by atoms with van der Waals surface area (Å²) in [5, 5.41) is 10.8. The summed E-state index contributed by atoms with van der Waals surface area (Å²) in [6, 6.07) is 7.34. The fourth-order valence-electron chi connectivity index (χ4n) is 2.52. The van der Waals surface area contributed by atoms with Crippen LogP contribution in [-0.2, 0) is 0 Å². The van der Waals surface area contributed by atoms with Crippen LogP contribution >= 0.6 is 0 Å². The number of hydrogen-bond acceptors (Lipinski definition) is 3. The average Bonchev–Trinajstić information content (AvgIpc) is 3.03. The zero-order chi connectivity index (χ0) is 15.0. The maximum atomic E-state index is 12.3. The van der Waals surface area contributed by atoms with Crippen molar-refractivity contribution < 1.29 is 9.21 Å². The fourth-order valence-corrected chi connectivity index (χ4v) is 2.52. The highest BCUT2D eigenvalue weighted by Gasteiger charge is 2.16. The van der Waals surface area contributed by atoms with E-state index in [2.05, 4.69) is 15.5 Å². The SMILES string of the molecule is Cc1cc(C(C)NC(=O)c2ccc3cn[nH]c3c2)c(C)o1. The first kappa shape index (κ1) is 13.4. The van der Waals surface area contributed by atoms with Crippen molar-refractivity contribution in [3.63, 3.8) is 0 Å². The van der Waals surface area contributed by atoms with Crippen LogP contribution in [0.5, 0.6) is 0 Å². The van der Waals surface area contributed by atoms with Crippen LogP contribution in [0.15, 0.2) is 34.9 Å². The lowest BCUT2D eigenvalue weighted by Gasteiger charge is -2.13. The van der Waals surface area contributed by atoms with Gasteiger partial charge in [-0.25, -0.2) is 0 Å². The van der Waals surface area contributed by atoms with Gasteiger partial charge in [-0.15, -0.1) is 0 Å². The molecule has 0 saturated carbocycles. The quantitative estimate of drug-likeness (QED) is 0.775. The number of H-pyrrole nitrogens is 1. The number of nitrogens with zero attached hydrogens (tertiary/aromatic N) is 1. The summed E-state index contributed by atoms with van der Waals surface area (Å²) in [5.74, 6) is 1.57. The Balaban J connectivity index is 1.80. The van der Waals surface area contributed by atoms with Gasteiger partial charge >= 0.3 is 0 Å². The van der Waals surface area contributed by atoms with Crippen molar-refractivity contribution in [1.82, 2.24) is 15.5 Å². The molecule has 0 aliphatic heterocycles. The van der Waals surface area contributed by atoms with Crippen molar-refractivity contribution in [2.75, 3.05) is 0 Å².